The number of aliphatic hydroxyl groups is 2. The van der Waals surface area contributed by atoms with Crippen LogP contribution < -0.4 is 37.1 Å². The molecule has 1 fully saturated rings. The largest absolute Gasteiger partial charge is 0.493 e. The van der Waals surface area contributed by atoms with Gasteiger partial charge in [-0.2, -0.15) is 9.97 Å². The first-order chi connectivity index (χ1) is 25.0. The molecule has 274 valence electrons. The standard InChI is InChI=1S/C33H39N11O8/c1-6-35-29(47)25-23(45)24(46)31(52-25)44-16-37-21-26(34)39-32(40-27(21)44)36-13-14-51-18-11-9-17(15-19(18)50-5)10-12-20-38-28-22(41(20)4)30(48)43(8-3)33(49)42(28)7-2/h9,11,15-16,23-25,31,45-46H,6-8,13-14H2,1-5H3,(H,35,47)(H3,34,36,39,40)/t23-,24+,25-,31+/m0/s1. The zero-order valence-electron chi connectivity index (χ0n) is 29.2. The molecule has 1 amide bonds. The number of nitrogens with zero attached hydrogens (tertiary/aromatic N) is 8. The third-order valence-electron chi connectivity index (χ3n) is 8.57. The van der Waals surface area contributed by atoms with Crippen LogP contribution in [-0.2, 0) is 29.7 Å². The van der Waals surface area contributed by atoms with Crippen LogP contribution in [0.1, 0.15) is 38.4 Å². The second kappa shape index (κ2) is 14.7. The summed E-state index contributed by atoms with van der Waals surface area (Å²) in [7, 11) is 3.19. The molecule has 1 saturated heterocycles. The molecule has 1 aliphatic rings. The summed E-state index contributed by atoms with van der Waals surface area (Å²) in [4.78, 5) is 55.6. The Morgan fingerprint density at radius 2 is 1.81 bits per heavy atom. The van der Waals surface area contributed by atoms with E-state index in [0.29, 0.717) is 41.5 Å². The summed E-state index contributed by atoms with van der Waals surface area (Å²) >= 11 is 0. The summed E-state index contributed by atoms with van der Waals surface area (Å²) < 4.78 is 22.8. The number of nitrogens with two attached hydrogens (primary N) is 1. The van der Waals surface area contributed by atoms with E-state index in [1.165, 1.54) is 27.1 Å². The molecule has 1 aliphatic heterocycles. The maximum absolute atomic E-state index is 13.0. The fourth-order valence-electron chi connectivity index (χ4n) is 5.94. The van der Waals surface area contributed by atoms with Crippen molar-refractivity contribution in [1.82, 2.24) is 43.5 Å². The van der Waals surface area contributed by atoms with Crippen molar-refractivity contribution in [3.63, 3.8) is 0 Å². The number of aromatic nitrogens is 8. The van der Waals surface area contributed by atoms with Gasteiger partial charge in [0, 0.05) is 32.2 Å². The number of imidazole rings is 2. The second-order valence-corrected chi connectivity index (χ2v) is 11.7. The lowest BCUT2D eigenvalue weighted by Crippen LogP contribution is -2.42. The minimum absolute atomic E-state index is 0.0651. The molecule has 0 saturated carbocycles. The Balaban J connectivity index is 1.14. The van der Waals surface area contributed by atoms with Crippen LogP contribution >= 0.6 is 0 Å². The van der Waals surface area contributed by atoms with E-state index in [0.717, 1.165) is 0 Å². The summed E-state index contributed by atoms with van der Waals surface area (Å²) in [6, 6.07) is 5.16. The van der Waals surface area contributed by atoms with E-state index in [9.17, 15) is 24.6 Å². The number of methoxy groups -OCH3 is 1. The summed E-state index contributed by atoms with van der Waals surface area (Å²) in [5.74, 6) is 6.90. The molecule has 5 aromatic rings. The van der Waals surface area contributed by atoms with E-state index < -0.39 is 41.7 Å². The van der Waals surface area contributed by atoms with Crippen LogP contribution in [0.2, 0.25) is 0 Å². The predicted octanol–water partition coefficient (Wildman–Crippen LogP) is -0.687. The summed E-state index contributed by atoms with van der Waals surface area (Å²) in [5, 5.41) is 26.8. The molecular weight excluding hydrogens is 678 g/mol. The number of aliphatic hydroxyl groups excluding tert-OH is 2. The average Bonchev–Trinajstić information content (AvgIpc) is 3.79. The Hall–Kier alpha value is -5.97. The number of nitrogens with one attached hydrogen (secondary N) is 2. The molecule has 4 aromatic heterocycles. The number of hydrogen-bond acceptors (Lipinski definition) is 14. The molecule has 0 radical (unpaired) electrons. The normalized spacial score (nSPS) is 18.4. The summed E-state index contributed by atoms with van der Waals surface area (Å²) in [5.41, 5.74) is 6.98. The van der Waals surface area contributed by atoms with Gasteiger partial charge in [0.2, 0.25) is 5.95 Å². The van der Waals surface area contributed by atoms with E-state index in [1.807, 2.05) is 6.92 Å². The lowest BCUT2D eigenvalue weighted by atomic mass is 10.1. The van der Waals surface area contributed by atoms with Gasteiger partial charge in [0.1, 0.15) is 24.3 Å². The molecule has 6 N–H and O–H groups in total. The number of ether oxygens (including phenoxy) is 3. The van der Waals surface area contributed by atoms with Gasteiger partial charge in [-0.1, -0.05) is 5.92 Å². The molecule has 19 heteroatoms. The highest BCUT2D eigenvalue weighted by Gasteiger charge is 2.47. The van der Waals surface area contributed by atoms with Crippen molar-refractivity contribution in [1.29, 1.82) is 0 Å². The van der Waals surface area contributed by atoms with Crippen LogP contribution in [0.3, 0.4) is 0 Å². The molecule has 4 atom stereocenters. The van der Waals surface area contributed by atoms with Crippen LogP contribution in [0.15, 0.2) is 34.1 Å². The SMILES string of the molecule is CCNC(=O)[C@H]1O[C@@H](n2cnc3c(N)nc(NCCOc4ccc(C#Cc5nc6c(c(=O)n(CC)c(=O)n6CC)n5C)cc4OC)nc32)[C@H](O)[C@@H]1O. The minimum Gasteiger partial charge on any atom is -0.493 e. The fraction of sp³-hybridized carbons (Fsp3) is 0.424. The van der Waals surface area contributed by atoms with Gasteiger partial charge >= 0.3 is 5.69 Å². The highest BCUT2D eigenvalue weighted by atomic mass is 16.6. The Kier molecular flexibility index (Phi) is 10.1. The first-order valence-corrected chi connectivity index (χ1v) is 16.6. The van der Waals surface area contributed by atoms with E-state index in [2.05, 4.69) is 42.4 Å². The molecule has 19 nitrogen and oxygen atoms in total. The summed E-state index contributed by atoms with van der Waals surface area (Å²) in [6.45, 7) is 6.63. The van der Waals surface area contributed by atoms with Crippen molar-refractivity contribution in [2.45, 2.75) is 58.4 Å². The topological polar surface area (TPSA) is 241 Å². The molecule has 1 aromatic carbocycles. The smallest absolute Gasteiger partial charge is 0.332 e. The number of anilines is 2. The van der Waals surface area contributed by atoms with Gasteiger partial charge in [-0.3, -0.25) is 23.3 Å². The van der Waals surface area contributed by atoms with E-state index >= 15 is 0 Å². The molecule has 0 bridgehead atoms. The van der Waals surface area contributed by atoms with Gasteiger partial charge in [-0.05, 0) is 44.9 Å². The van der Waals surface area contributed by atoms with E-state index in [4.69, 9.17) is 19.9 Å². The number of carbonyl (C=O) groups is 1. The number of amides is 1. The highest BCUT2D eigenvalue weighted by Crippen LogP contribution is 2.33. The number of fused-ring (bicyclic) bond motifs is 2. The molecule has 0 unspecified atom stereocenters. The number of benzene rings is 1. The van der Waals surface area contributed by atoms with Crippen molar-refractivity contribution < 1.29 is 29.2 Å². The van der Waals surface area contributed by atoms with Crippen LogP contribution in [0.25, 0.3) is 22.3 Å². The molecule has 5 heterocycles. The first-order valence-electron chi connectivity index (χ1n) is 16.6. The van der Waals surface area contributed by atoms with Crippen molar-refractivity contribution in [2.24, 2.45) is 7.05 Å². The van der Waals surface area contributed by atoms with Crippen molar-refractivity contribution in [2.75, 3.05) is 37.9 Å². The van der Waals surface area contributed by atoms with Crippen molar-refractivity contribution in [3.8, 4) is 23.3 Å². The predicted molar refractivity (Wildman–Crippen MR) is 188 cm³/mol. The zero-order valence-corrected chi connectivity index (χ0v) is 29.2. The molecule has 52 heavy (non-hydrogen) atoms. The lowest BCUT2D eigenvalue weighted by Gasteiger charge is -2.17. The number of hydrogen-bond donors (Lipinski definition) is 5. The van der Waals surface area contributed by atoms with Gasteiger partial charge in [0.15, 0.2) is 52.3 Å². The van der Waals surface area contributed by atoms with Gasteiger partial charge in [-0.25, -0.2) is 14.8 Å². The maximum atomic E-state index is 13.0. The zero-order chi connectivity index (χ0) is 37.3. The molecular formula is C33H39N11O8. The van der Waals surface area contributed by atoms with Crippen molar-refractivity contribution in [3.05, 3.63) is 56.8 Å². The Bertz CT molecular complexity index is 2330. The Morgan fingerprint density at radius 1 is 1.04 bits per heavy atom. The first kappa shape index (κ1) is 35.8. The number of likely N-dealkylation sites (N-methyl/N-ethyl adjacent to an activating group) is 1. The molecule has 0 aliphatic carbocycles. The monoisotopic (exact) mass is 717 g/mol. The van der Waals surface area contributed by atoms with Crippen LogP contribution in [0.4, 0.5) is 11.8 Å². The van der Waals surface area contributed by atoms with E-state index in [-0.39, 0.29) is 48.3 Å². The maximum Gasteiger partial charge on any atom is 0.332 e. The van der Waals surface area contributed by atoms with Gasteiger partial charge < -0.3 is 45.4 Å². The quantitative estimate of drug-likeness (QED) is 0.0840. The highest BCUT2D eigenvalue weighted by molar-refractivity contribution is 5.83. The summed E-state index contributed by atoms with van der Waals surface area (Å²) in [6.07, 6.45) is -3.99. The van der Waals surface area contributed by atoms with Gasteiger partial charge in [0.05, 0.1) is 20.0 Å². The Morgan fingerprint density at radius 3 is 2.52 bits per heavy atom. The third kappa shape index (κ3) is 6.38. The van der Waals surface area contributed by atoms with E-state index in [1.54, 1.807) is 43.7 Å². The molecule has 6 rings (SSSR count). The van der Waals surface area contributed by atoms with Crippen molar-refractivity contribution >= 4 is 40.0 Å². The van der Waals surface area contributed by atoms with Crippen LogP contribution in [0, 0.1) is 11.8 Å². The second-order valence-electron chi connectivity index (χ2n) is 11.7. The number of aryl methyl sites for hydroxylation is 2. The minimum atomic E-state index is -1.47. The number of nitrogen functional groups attached to an aromatic ring is 1. The Labute approximate surface area is 296 Å². The van der Waals surface area contributed by atoms with Crippen LogP contribution in [-0.4, -0.2) is 99.4 Å². The molecule has 0 spiro atoms. The third-order valence-corrected chi connectivity index (χ3v) is 8.57. The fourth-order valence-corrected chi connectivity index (χ4v) is 5.94. The number of carbonyl (C=O) groups excluding carboxylic acids is 1. The lowest BCUT2D eigenvalue weighted by molar-refractivity contribution is -0.137. The van der Waals surface area contributed by atoms with Gasteiger partial charge in [-0.15, -0.1) is 0 Å². The van der Waals surface area contributed by atoms with Crippen LogP contribution in [0.5, 0.6) is 11.5 Å². The number of rotatable bonds is 11. The van der Waals surface area contributed by atoms with Gasteiger partial charge in [0.25, 0.3) is 11.5 Å². The average molecular weight is 718 g/mol.